The lowest BCUT2D eigenvalue weighted by atomic mass is 10.0. The van der Waals surface area contributed by atoms with Crippen LogP contribution in [0.3, 0.4) is 0 Å². The molecule has 2 heteroatoms. The molecule has 0 fully saturated rings. The molecule has 2 nitrogen and oxygen atoms in total. The van der Waals surface area contributed by atoms with Gasteiger partial charge in [0.15, 0.2) is 0 Å². The van der Waals surface area contributed by atoms with Gasteiger partial charge in [-0.2, -0.15) is 0 Å². The second-order valence-electron chi connectivity index (χ2n) is 7.12. The lowest BCUT2D eigenvalue weighted by molar-refractivity contribution is -0.117. The summed E-state index contributed by atoms with van der Waals surface area (Å²) in [6, 6.07) is 32.8. The molecular weight excluding hydrogens is 354 g/mol. The second kappa shape index (κ2) is 8.57. The second-order valence-corrected chi connectivity index (χ2v) is 7.12. The van der Waals surface area contributed by atoms with Crippen LogP contribution in [0.2, 0.25) is 0 Å². The number of hydrogen-bond donors (Lipinski definition) is 1. The van der Waals surface area contributed by atoms with Gasteiger partial charge in [0.2, 0.25) is 5.91 Å². The van der Waals surface area contributed by atoms with E-state index >= 15 is 0 Å². The summed E-state index contributed by atoms with van der Waals surface area (Å²) in [5.41, 5.74) is 4.48. The van der Waals surface area contributed by atoms with Crippen LogP contribution >= 0.6 is 0 Å². The van der Waals surface area contributed by atoms with Gasteiger partial charge in [0.05, 0.1) is 6.04 Å². The Balaban J connectivity index is 1.43. The topological polar surface area (TPSA) is 29.1 Å². The Hall–Kier alpha value is -3.65. The van der Waals surface area contributed by atoms with E-state index in [4.69, 9.17) is 0 Å². The van der Waals surface area contributed by atoms with E-state index in [0.29, 0.717) is 0 Å². The molecule has 1 atom stereocenters. The van der Waals surface area contributed by atoms with E-state index in [1.54, 1.807) is 6.08 Å². The lowest BCUT2D eigenvalue weighted by Gasteiger charge is -2.14. The summed E-state index contributed by atoms with van der Waals surface area (Å²) in [6.07, 6.45) is 3.49. The summed E-state index contributed by atoms with van der Waals surface area (Å²) in [7, 11) is 0. The average Bonchev–Trinajstić information content (AvgIpc) is 2.78. The Morgan fingerprint density at radius 2 is 1.41 bits per heavy atom. The molecule has 0 saturated heterocycles. The fraction of sp³-hybridized carbons (Fsp3) is 0.0741. The normalized spacial score (nSPS) is 12.2. The zero-order valence-corrected chi connectivity index (χ0v) is 16.4. The molecular formula is C27H23NO. The molecule has 0 aliphatic rings. The van der Waals surface area contributed by atoms with Crippen LogP contribution in [-0.2, 0) is 4.79 Å². The number of carbonyl (C=O) groups excluding carboxylic acids is 1. The van der Waals surface area contributed by atoms with Crippen molar-refractivity contribution in [3.8, 4) is 11.1 Å². The Bertz CT molecular complexity index is 1140. The summed E-state index contributed by atoms with van der Waals surface area (Å²) in [6.45, 7) is 2.00. The largest absolute Gasteiger partial charge is 0.346 e. The zero-order valence-electron chi connectivity index (χ0n) is 16.4. The van der Waals surface area contributed by atoms with Crippen molar-refractivity contribution in [1.29, 1.82) is 0 Å². The number of carbonyl (C=O) groups is 1. The molecule has 4 aromatic rings. The number of nitrogens with one attached hydrogen (secondary N) is 1. The van der Waals surface area contributed by atoms with Gasteiger partial charge in [-0.1, -0.05) is 97.1 Å². The Morgan fingerprint density at radius 1 is 0.759 bits per heavy atom. The average molecular weight is 377 g/mol. The predicted molar refractivity (Wildman–Crippen MR) is 121 cm³/mol. The first-order valence-electron chi connectivity index (χ1n) is 9.82. The monoisotopic (exact) mass is 377 g/mol. The van der Waals surface area contributed by atoms with Crippen LogP contribution in [0.25, 0.3) is 28.0 Å². The first-order chi connectivity index (χ1) is 14.2. The summed E-state index contributed by atoms with van der Waals surface area (Å²) >= 11 is 0. The molecule has 1 unspecified atom stereocenters. The van der Waals surface area contributed by atoms with Crippen LogP contribution in [0.4, 0.5) is 0 Å². The standard InChI is InChI=1S/C27H23NO/c1-20(21-14-16-23(17-15-21)22-8-3-2-4-9-22)28-27(29)19-18-25-12-7-11-24-10-5-6-13-26(24)25/h2-20H,1H3,(H,28,29)/b19-18+. The molecule has 0 aliphatic carbocycles. The number of hydrogen-bond acceptors (Lipinski definition) is 1. The van der Waals surface area contributed by atoms with Gasteiger partial charge in [0, 0.05) is 6.08 Å². The van der Waals surface area contributed by atoms with Gasteiger partial charge in [0.25, 0.3) is 0 Å². The van der Waals surface area contributed by atoms with Gasteiger partial charge in [0.1, 0.15) is 0 Å². The van der Waals surface area contributed by atoms with Crippen LogP contribution in [0.1, 0.15) is 24.1 Å². The summed E-state index contributed by atoms with van der Waals surface area (Å²) in [4.78, 5) is 12.4. The molecule has 0 heterocycles. The van der Waals surface area contributed by atoms with Crippen molar-refractivity contribution >= 4 is 22.8 Å². The molecule has 1 N–H and O–H groups in total. The van der Waals surface area contributed by atoms with Crippen LogP contribution in [-0.4, -0.2) is 5.91 Å². The van der Waals surface area contributed by atoms with Crippen LogP contribution < -0.4 is 5.32 Å². The molecule has 0 spiro atoms. The van der Waals surface area contributed by atoms with E-state index in [-0.39, 0.29) is 11.9 Å². The van der Waals surface area contributed by atoms with Crippen molar-refractivity contribution in [2.24, 2.45) is 0 Å². The molecule has 0 saturated carbocycles. The highest BCUT2D eigenvalue weighted by molar-refractivity contribution is 5.96. The molecule has 0 aliphatic heterocycles. The summed E-state index contributed by atoms with van der Waals surface area (Å²) in [5, 5.41) is 5.36. The van der Waals surface area contributed by atoms with Gasteiger partial charge >= 0.3 is 0 Å². The van der Waals surface area contributed by atoms with Gasteiger partial charge < -0.3 is 5.32 Å². The predicted octanol–water partition coefficient (Wildman–Crippen LogP) is 6.40. The quantitative estimate of drug-likeness (QED) is 0.401. The van der Waals surface area contributed by atoms with E-state index in [1.807, 2.05) is 55.5 Å². The first-order valence-corrected chi connectivity index (χ1v) is 9.82. The van der Waals surface area contributed by atoms with Crippen LogP contribution in [0.5, 0.6) is 0 Å². The fourth-order valence-electron chi connectivity index (χ4n) is 3.50. The maximum atomic E-state index is 12.4. The lowest BCUT2D eigenvalue weighted by Crippen LogP contribution is -2.24. The minimum atomic E-state index is -0.0995. The summed E-state index contributed by atoms with van der Waals surface area (Å²) < 4.78 is 0. The smallest absolute Gasteiger partial charge is 0.244 e. The molecule has 4 rings (SSSR count). The van der Waals surface area contributed by atoms with E-state index in [2.05, 4.69) is 59.9 Å². The van der Waals surface area contributed by atoms with Gasteiger partial charge in [-0.15, -0.1) is 0 Å². The first kappa shape index (κ1) is 18.7. The van der Waals surface area contributed by atoms with Crippen molar-refractivity contribution in [1.82, 2.24) is 5.32 Å². The van der Waals surface area contributed by atoms with Crippen molar-refractivity contribution in [3.05, 3.63) is 114 Å². The SMILES string of the molecule is CC(NC(=O)/C=C/c1cccc2ccccc12)c1ccc(-c2ccccc2)cc1. The van der Waals surface area contributed by atoms with Crippen molar-refractivity contribution in [2.75, 3.05) is 0 Å². The molecule has 29 heavy (non-hydrogen) atoms. The third kappa shape index (κ3) is 4.44. The van der Waals surface area contributed by atoms with Crippen LogP contribution in [0, 0.1) is 0 Å². The number of benzene rings is 4. The highest BCUT2D eigenvalue weighted by Gasteiger charge is 2.08. The minimum absolute atomic E-state index is 0.0653. The number of fused-ring (bicyclic) bond motifs is 1. The Kier molecular flexibility index (Phi) is 5.53. The number of rotatable bonds is 5. The van der Waals surface area contributed by atoms with E-state index < -0.39 is 0 Å². The third-order valence-corrected chi connectivity index (χ3v) is 5.11. The van der Waals surface area contributed by atoms with Crippen molar-refractivity contribution < 1.29 is 4.79 Å². The van der Waals surface area contributed by atoms with Gasteiger partial charge in [-0.3, -0.25) is 4.79 Å². The Labute approximate surface area is 171 Å². The molecule has 142 valence electrons. The van der Waals surface area contributed by atoms with Crippen LogP contribution in [0.15, 0.2) is 103 Å². The maximum Gasteiger partial charge on any atom is 0.244 e. The summed E-state index contributed by atoms with van der Waals surface area (Å²) in [5.74, 6) is -0.0995. The van der Waals surface area contributed by atoms with Crippen molar-refractivity contribution in [2.45, 2.75) is 13.0 Å². The highest BCUT2D eigenvalue weighted by atomic mass is 16.1. The molecule has 1 amide bonds. The highest BCUT2D eigenvalue weighted by Crippen LogP contribution is 2.22. The third-order valence-electron chi connectivity index (χ3n) is 5.11. The molecule has 0 aromatic heterocycles. The Morgan fingerprint density at radius 3 is 2.21 bits per heavy atom. The molecule has 4 aromatic carbocycles. The van der Waals surface area contributed by atoms with E-state index in [9.17, 15) is 4.79 Å². The maximum absolute atomic E-state index is 12.4. The van der Waals surface area contributed by atoms with Gasteiger partial charge in [-0.05, 0) is 46.0 Å². The molecule has 0 radical (unpaired) electrons. The van der Waals surface area contributed by atoms with Gasteiger partial charge in [-0.25, -0.2) is 0 Å². The minimum Gasteiger partial charge on any atom is -0.346 e. The number of amides is 1. The molecule has 0 bridgehead atoms. The van der Waals surface area contributed by atoms with Crippen molar-refractivity contribution in [3.63, 3.8) is 0 Å². The fourth-order valence-corrected chi connectivity index (χ4v) is 3.50. The zero-order chi connectivity index (χ0) is 20.1. The van der Waals surface area contributed by atoms with E-state index in [0.717, 1.165) is 16.5 Å². The van der Waals surface area contributed by atoms with E-state index in [1.165, 1.54) is 16.5 Å².